The van der Waals surface area contributed by atoms with E-state index in [2.05, 4.69) is 5.32 Å². The Hall–Kier alpha value is -2.52. The summed E-state index contributed by atoms with van der Waals surface area (Å²) in [7, 11) is -3.77. The molecule has 2 aromatic rings. The number of nitro benzene ring substituents is 1. The zero-order valence-corrected chi connectivity index (χ0v) is 14.9. The quantitative estimate of drug-likeness (QED) is 0.633. The van der Waals surface area contributed by atoms with Gasteiger partial charge in [0.15, 0.2) is 0 Å². The zero-order valence-electron chi connectivity index (χ0n) is 14.1. The molecule has 138 valence electrons. The first-order chi connectivity index (χ1) is 12.3. The van der Waals surface area contributed by atoms with Crippen LogP contribution in [0.15, 0.2) is 41.3 Å². The fraction of sp³-hybridized carbons (Fsp3) is 0.294. The topological polar surface area (TPSA) is 92.6 Å². The molecule has 2 aromatic carbocycles. The molecule has 0 saturated carbocycles. The van der Waals surface area contributed by atoms with E-state index < -0.39 is 26.5 Å². The van der Waals surface area contributed by atoms with Crippen molar-refractivity contribution in [2.24, 2.45) is 0 Å². The van der Waals surface area contributed by atoms with Crippen molar-refractivity contribution in [3.8, 4) is 0 Å². The van der Waals surface area contributed by atoms with Crippen LogP contribution in [0, 0.1) is 22.9 Å². The van der Waals surface area contributed by atoms with Gasteiger partial charge in [-0.15, -0.1) is 0 Å². The van der Waals surface area contributed by atoms with E-state index in [1.165, 1.54) is 28.6 Å². The third-order valence-corrected chi connectivity index (χ3v) is 6.16. The molecule has 0 bridgehead atoms. The molecule has 3 rings (SSSR count). The summed E-state index contributed by atoms with van der Waals surface area (Å²) in [5, 5.41) is 14.1. The first-order valence-electron chi connectivity index (χ1n) is 8.11. The fourth-order valence-corrected chi connectivity index (χ4v) is 4.41. The molecule has 0 aliphatic carbocycles. The number of anilines is 2. The zero-order chi connectivity index (χ0) is 18.9. The molecule has 0 amide bonds. The molecule has 0 atom stereocenters. The largest absolute Gasteiger partial charge is 0.348 e. The van der Waals surface area contributed by atoms with E-state index >= 15 is 0 Å². The van der Waals surface area contributed by atoms with Crippen LogP contribution in [0.2, 0.25) is 0 Å². The highest BCUT2D eigenvalue weighted by molar-refractivity contribution is 7.89. The summed E-state index contributed by atoms with van der Waals surface area (Å²) in [5.41, 5.74) is 0.395. The molecule has 1 aliphatic rings. The Balaban J connectivity index is 1.98. The molecule has 26 heavy (non-hydrogen) atoms. The van der Waals surface area contributed by atoms with Gasteiger partial charge in [-0.05, 0) is 49.6 Å². The van der Waals surface area contributed by atoms with Crippen LogP contribution in [-0.4, -0.2) is 30.7 Å². The van der Waals surface area contributed by atoms with Crippen LogP contribution in [0.1, 0.15) is 18.4 Å². The van der Waals surface area contributed by atoms with Crippen molar-refractivity contribution >= 4 is 27.1 Å². The SMILES string of the molecule is Cc1ccc(Nc2ccc(S(=O)(=O)N3CCCC3)cc2[N+](=O)[O-])c(F)c1. The van der Waals surface area contributed by atoms with Gasteiger partial charge in [-0.3, -0.25) is 10.1 Å². The van der Waals surface area contributed by atoms with Crippen molar-refractivity contribution in [2.75, 3.05) is 18.4 Å². The Kier molecular flexibility index (Phi) is 4.92. The van der Waals surface area contributed by atoms with Crippen molar-refractivity contribution in [2.45, 2.75) is 24.7 Å². The molecule has 1 heterocycles. The molecule has 0 unspecified atom stereocenters. The Morgan fingerprint density at radius 1 is 1.12 bits per heavy atom. The maximum absolute atomic E-state index is 14.0. The lowest BCUT2D eigenvalue weighted by Gasteiger charge is -2.16. The molecule has 9 heteroatoms. The highest BCUT2D eigenvalue weighted by Crippen LogP contribution is 2.32. The Morgan fingerprint density at radius 3 is 2.38 bits per heavy atom. The molecule has 7 nitrogen and oxygen atoms in total. The van der Waals surface area contributed by atoms with Crippen molar-refractivity contribution in [3.63, 3.8) is 0 Å². The second-order valence-corrected chi connectivity index (χ2v) is 8.09. The Labute approximate surface area is 150 Å². The van der Waals surface area contributed by atoms with Crippen molar-refractivity contribution in [1.82, 2.24) is 4.31 Å². The van der Waals surface area contributed by atoms with Gasteiger partial charge in [0, 0.05) is 19.2 Å². The lowest BCUT2D eigenvalue weighted by atomic mass is 10.2. The van der Waals surface area contributed by atoms with E-state index in [1.54, 1.807) is 13.0 Å². The molecule has 0 spiro atoms. The lowest BCUT2D eigenvalue weighted by molar-refractivity contribution is -0.384. The van der Waals surface area contributed by atoms with Gasteiger partial charge >= 0.3 is 0 Å². The first-order valence-corrected chi connectivity index (χ1v) is 9.55. The van der Waals surface area contributed by atoms with E-state index in [9.17, 15) is 22.9 Å². The van der Waals surface area contributed by atoms with E-state index in [-0.39, 0.29) is 16.3 Å². The summed E-state index contributed by atoms with van der Waals surface area (Å²) in [6, 6.07) is 8.06. The number of nitrogens with zero attached hydrogens (tertiary/aromatic N) is 2. The predicted molar refractivity (Wildman–Crippen MR) is 95.5 cm³/mol. The number of rotatable bonds is 5. The first kappa shape index (κ1) is 18.3. The third-order valence-electron chi connectivity index (χ3n) is 4.26. The number of sulfonamides is 1. The van der Waals surface area contributed by atoms with Gasteiger partial charge in [-0.25, -0.2) is 12.8 Å². The monoisotopic (exact) mass is 379 g/mol. The predicted octanol–water partition coefficient (Wildman–Crippen LogP) is 3.57. The van der Waals surface area contributed by atoms with E-state index in [0.717, 1.165) is 24.5 Å². The van der Waals surface area contributed by atoms with Gasteiger partial charge in [-0.2, -0.15) is 4.31 Å². The van der Waals surface area contributed by atoms with Crippen molar-refractivity contribution in [1.29, 1.82) is 0 Å². The van der Waals surface area contributed by atoms with Gasteiger partial charge in [0.1, 0.15) is 11.5 Å². The van der Waals surface area contributed by atoms with Gasteiger partial charge in [-0.1, -0.05) is 6.07 Å². The average molecular weight is 379 g/mol. The van der Waals surface area contributed by atoms with E-state index in [0.29, 0.717) is 13.1 Å². The molecular weight excluding hydrogens is 361 g/mol. The minimum absolute atomic E-state index is 0.0260. The van der Waals surface area contributed by atoms with Crippen LogP contribution in [0.3, 0.4) is 0 Å². The summed E-state index contributed by atoms with van der Waals surface area (Å²) < 4.78 is 40.5. The maximum atomic E-state index is 14.0. The number of benzene rings is 2. The third kappa shape index (κ3) is 3.54. The molecule has 1 aliphatic heterocycles. The summed E-state index contributed by atoms with van der Waals surface area (Å²) in [4.78, 5) is 10.6. The van der Waals surface area contributed by atoms with Crippen LogP contribution >= 0.6 is 0 Å². The second kappa shape index (κ2) is 7.00. The molecular formula is C17H18FN3O4S. The molecule has 1 fully saturated rings. The number of halogens is 1. The Bertz CT molecular complexity index is 956. The number of nitrogens with one attached hydrogen (secondary N) is 1. The summed E-state index contributed by atoms with van der Waals surface area (Å²) >= 11 is 0. The van der Waals surface area contributed by atoms with Crippen LogP contribution in [0.5, 0.6) is 0 Å². The minimum Gasteiger partial charge on any atom is -0.348 e. The molecule has 1 saturated heterocycles. The number of hydrogen-bond donors (Lipinski definition) is 1. The van der Waals surface area contributed by atoms with E-state index in [1.807, 2.05) is 0 Å². The van der Waals surface area contributed by atoms with Gasteiger partial charge in [0.25, 0.3) is 5.69 Å². The van der Waals surface area contributed by atoms with E-state index in [4.69, 9.17) is 0 Å². The summed E-state index contributed by atoms with van der Waals surface area (Å²) in [6.07, 6.45) is 1.54. The normalized spacial score (nSPS) is 15.2. The lowest BCUT2D eigenvalue weighted by Crippen LogP contribution is -2.27. The van der Waals surface area contributed by atoms with Crippen LogP contribution in [-0.2, 0) is 10.0 Å². The smallest absolute Gasteiger partial charge is 0.294 e. The molecule has 0 radical (unpaired) electrons. The second-order valence-electron chi connectivity index (χ2n) is 6.16. The standard InChI is InChI=1S/C17H18FN3O4S/c1-12-4-6-15(14(18)10-12)19-16-7-5-13(11-17(16)21(22)23)26(24,25)20-8-2-3-9-20/h4-7,10-11,19H,2-3,8-9H2,1H3. The summed E-state index contributed by atoms with van der Waals surface area (Å²) in [5.74, 6) is -0.548. The highest BCUT2D eigenvalue weighted by atomic mass is 32.2. The maximum Gasteiger partial charge on any atom is 0.294 e. The molecule has 1 N–H and O–H groups in total. The van der Waals surface area contributed by atoms with Crippen LogP contribution < -0.4 is 5.32 Å². The van der Waals surface area contributed by atoms with Crippen molar-refractivity contribution < 1.29 is 17.7 Å². The van der Waals surface area contributed by atoms with Gasteiger partial charge in [0.2, 0.25) is 10.0 Å². The minimum atomic E-state index is -3.77. The fourth-order valence-electron chi connectivity index (χ4n) is 2.87. The van der Waals surface area contributed by atoms with Crippen molar-refractivity contribution in [3.05, 3.63) is 57.9 Å². The molecule has 0 aromatic heterocycles. The number of hydrogen-bond acceptors (Lipinski definition) is 5. The highest BCUT2D eigenvalue weighted by Gasteiger charge is 2.29. The van der Waals surface area contributed by atoms with Crippen LogP contribution in [0.4, 0.5) is 21.5 Å². The van der Waals surface area contributed by atoms with Gasteiger partial charge < -0.3 is 5.32 Å². The Morgan fingerprint density at radius 2 is 1.77 bits per heavy atom. The van der Waals surface area contributed by atoms with Gasteiger partial charge in [0.05, 0.1) is 15.5 Å². The summed E-state index contributed by atoms with van der Waals surface area (Å²) in [6.45, 7) is 2.54. The number of nitro groups is 1. The van der Waals surface area contributed by atoms with Crippen LogP contribution in [0.25, 0.3) is 0 Å². The number of aryl methyl sites for hydroxylation is 1. The average Bonchev–Trinajstić information content (AvgIpc) is 3.12.